The van der Waals surface area contributed by atoms with Crippen LogP contribution >= 0.6 is 11.8 Å². The second kappa shape index (κ2) is 7.16. The van der Waals surface area contributed by atoms with E-state index in [4.69, 9.17) is 5.11 Å². The van der Waals surface area contributed by atoms with Crippen LogP contribution in [0.4, 0.5) is 0 Å². The smallest absolute Gasteiger partial charge is 0.0622 e. The van der Waals surface area contributed by atoms with Crippen LogP contribution < -0.4 is 0 Å². The van der Waals surface area contributed by atoms with Crippen LogP contribution in [0.3, 0.4) is 0 Å². The van der Waals surface area contributed by atoms with Crippen molar-refractivity contribution in [3.63, 3.8) is 0 Å². The number of aliphatic hydroxyl groups is 1. The van der Waals surface area contributed by atoms with Gasteiger partial charge < -0.3 is 5.11 Å². The molecular weight excluding hydrogens is 144 g/mol. The largest absolute Gasteiger partial charge is 0.392 e. The first-order valence-corrected chi connectivity index (χ1v) is 4.70. The molecule has 0 unspecified atom stereocenters. The number of rotatable bonds is 5. The van der Waals surface area contributed by atoms with Crippen molar-refractivity contribution < 1.29 is 5.11 Å². The highest BCUT2D eigenvalue weighted by atomic mass is 32.2. The molecule has 0 atom stereocenters. The molecule has 1 nitrogen and oxygen atoms in total. The first kappa shape index (κ1) is 10.0. The van der Waals surface area contributed by atoms with Gasteiger partial charge in [0.15, 0.2) is 0 Å². The van der Waals surface area contributed by atoms with Gasteiger partial charge in [0.25, 0.3) is 0 Å². The summed E-state index contributed by atoms with van der Waals surface area (Å²) >= 11 is 1.83. The topological polar surface area (TPSA) is 20.2 Å². The first-order valence-electron chi connectivity index (χ1n) is 3.71. The van der Waals surface area contributed by atoms with E-state index in [1.54, 1.807) is 0 Å². The fraction of sp³-hybridized carbons (Fsp3) is 0.750. The lowest BCUT2D eigenvalue weighted by molar-refractivity contribution is 0.342. The third-order valence-corrected chi connectivity index (χ3v) is 2.32. The van der Waals surface area contributed by atoms with E-state index in [0.717, 1.165) is 0 Å². The van der Waals surface area contributed by atoms with E-state index in [-0.39, 0.29) is 6.61 Å². The second-order valence-corrected chi connectivity index (χ2v) is 3.54. The maximum atomic E-state index is 8.50. The van der Waals surface area contributed by atoms with E-state index >= 15 is 0 Å². The molecule has 0 aliphatic rings. The van der Waals surface area contributed by atoms with Crippen LogP contribution in [0.2, 0.25) is 0 Å². The van der Waals surface area contributed by atoms with Gasteiger partial charge in [-0.05, 0) is 30.1 Å². The minimum absolute atomic E-state index is 0.172. The SMILES string of the molecule is CCCCS/C(C)=C\CO. The van der Waals surface area contributed by atoms with Gasteiger partial charge in [0.1, 0.15) is 0 Å². The molecule has 0 radical (unpaired) electrons. The predicted molar refractivity (Wildman–Crippen MR) is 48.2 cm³/mol. The molecule has 0 saturated heterocycles. The first-order chi connectivity index (χ1) is 4.81. The highest BCUT2D eigenvalue weighted by molar-refractivity contribution is 8.03. The van der Waals surface area contributed by atoms with E-state index in [9.17, 15) is 0 Å². The molecule has 0 fully saturated rings. The third kappa shape index (κ3) is 6.17. The maximum Gasteiger partial charge on any atom is 0.0622 e. The molecule has 0 aromatic carbocycles. The standard InChI is InChI=1S/C8H16OS/c1-3-4-7-10-8(2)5-6-9/h5,9H,3-4,6-7H2,1-2H3/b8-5-. The van der Waals surface area contributed by atoms with Crippen LogP contribution in [0.1, 0.15) is 26.7 Å². The molecular formula is C8H16OS. The average molecular weight is 160 g/mol. The van der Waals surface area contributed by atoms with Gasteiger partial charge in [-0.3, -0.25) is 0 Å². The summed E-state index contributed by atoms with van der Waals surface area (Å²) in [7, 11) is 0. The van der Waals surface area contributed by atoms with E-state index in [1.165, 1.54) is 23.5 Å². The molecule has 0 spiro atoms. The van der Waals surface area contributed by atoms with Gasteiger partial charge >= 0.3 is 0 Å². The normalized spacial score (nSPS) is 12.1. The van der Waals surface area contributed by atoms with Crippen molar-refractivity contribution in [2.24, 2.45) is 0 Å². The Bertz CT molecular complexity index is 99.4. The molecule has 0 saturated carbocycles. The van der Waals surface area contributed by atoms with Gasteiger partial charge in [-0.25, -0.2) is 0 Å². The molecule has 0 rings (SSSR count). The Morgan fingerprint density at radius 1 is 1.60 bits per heavy atom. The van der Waals surface area contributed by atoms with E-state index in [1.807, 2.05) is 24.8 Å². The number of hydrogen-bond donors (Lipinski definition) is 1. The minimum Gasteiger partial charge on any atom is -0.392 e. The van der Waals surface area contributed by atoms with Crippen LogP contribution in [-0.2, 0) is 0 Å². The van der Waals surface area contributed by atoms with Crippen molar-refractivity contribution in [2.45, 2.75) is 26.7 Å². The Morgan fingerprint density at radius 2 is 2.30 bits per heavy atom. The van der Waals surface area contributed by atoms with Gasteiger partial charge in [0.2, 0.25) is 0 Å². The number of thioether (sulfide) groups is 1. The van der Waals surface area contributed by atoms with Gasteiger partial charge in [-0.15, -0.1) is 11.8 Å². The lowest BCUT2D eigenvalue weighted by atomic mass is 10.4. The zero-order valence-electron chi connectivity index (χ0n) is 6.76. The minimum atomic E-state index is 0.172. The van der Waals surface area contributed by atoms with E-state index in [0.29, 0.717) is 0 Å². The molecule has 2 heteroatoms. The number of aliphatic hydroxyl groups excluding tert-OH is 1. The van der Waals surface area contributed by atoms with Crippen LogP contribution in [-0.4, -0.2) is 17.5 Å². The van der Waals surface area contributed by atoms with E-state index in [2.05, 4.69) is 6.92 Å². The molecule has 0 aromatic rings. The van der Waals surface area contributed by atoms with Crippen LogP contribution in [0.5, 0.6) is 0 Å². The highest BCUT2D eigenvalue weighted by Crippen LogP contribution is 2.15. The Kier molecular flexibility index (Phi) is 7.20. The number of unbranched alkanes of at least 4 members (excludes halogenated alkanes) is 1. The molecule has 0 amide bonds. The summed E-state index contributed by atoms with van der Waals surface area (Å²) in [6.07, 6.45) is 4.36. The molecule has 0 bridgehead atoms. The fourth-order valence-electron chi connectivity index (χ4n) is 0.565. The molecule has 1 N–H and O–H groups in total. The Hall–Kier alpha value is 0.0500. The number of allylic oxidation sites excluding steroid dienone is 1. The molecule has 0 aliphatic carbocycles. The van der Waals surface area contributed by atoms with Crippen molar-refractivity contribution in [3.05, 3.63) is 11.0 Å². The number of hydrogen-bond acceptors (Lipinski definition) is 2. The molecule has 0 heterocycles. The third-order valence-electron chi connectivity index (χ3n) is 1.21. The average Bonchev–Trinajstić information content (AvgIpc) is 1.89. The molecule has 10 heavy (non-hydrogen) atoms. The van der Waals surface area contributed by atoms with Crippen LogP contribution in [0, 0.1) is 0 Å². The monoisotopic (exact) mass is 160 g/mol. The summed E-state index contributed by atoms with van der Waals surface area (Å²) in [5.41, 5.74) is 0. The van der Waals surface area contributed by atoms with E-state index < -0.39 is 0 Å². The van der Waals surface area contributed by atoms with Gasteiger partial charge in [0, 0.05) is 0 Å². The lowest BCUT2D eigenvalue weighted by Gasteiger charge is -1.97. The summed E-state index contributed by atoms with van der Waals surface area (Å²) in [5, 5.41) is 8.50. The van der Waals surface area contributed by atoms with Crippen LogP contribution in [0.15, 0.2) is 11.0 Å². The van der Waals surface area contributed by atoms with Crippen molar-refractivity contribution in [3.8, 4) is 0 Å². The van der Waals surface area contributed by atoms with Gasteiger partial charge in [-0.1, -0.05) is 13.3 Å². The van der Waals surface area contributed by atoms with Crippen molar-refractivity contribution in [1.29, 1.82) is 0 Å². The van der Waals surface area contributed by atoms with Crippen molar-refractivity contribution >= 4 is 11.8 Å². The highest BCUT2D eigenvalue weighted by Gasteiger charge is 1.88. The van der Waals surface area contributed by atoms with Gasteiger partial charge in [-0.2, -0.15) is 0 Å². The zero-order valence-corrected chi connectivity index (χ0v) is 7.58. The fourth-order valence-corrected chi connectivity index (χ4v) is 1.51. The summed E-state index contributed by atoms with van der Waals surface area (Å²) in [5.74, 6) is 1.18. The molecule has 0 aliphatic heterocycles. The predicted octanol–water partition coefficient (Wildman–Crippen LogP) is 2.42. The second-order valence-electron chi connectivity index (χ2n) is 2.20. The summed E-state index contributed by atoms with van der Waals surface area (Å²) in [4.78, 5) is 1.23. The summed E-state index contributed by atoms with van der Waals surface area (Å²) in [6.45, 7) is 4.40. The summed E-state index contributed by atoms with van der Waals surface area (Å²) < 4.78 is 0. The quantitative estimate of drug-likeness (QED) is 0.623. The van der Waals surface area contributed by atoms with Gasteiger partial charge in [0.05, 0.1) is 6.61 Å². The van der Waals surface area contributed by atoms with Crippen molar-refractivity contribution in [1.82, 2.24) is 0 Å². The molecule has 0 aromatic heterocycles. The lowest BCUT2D eigenvalue weighted by Crippen LogP contribution is -1.79. The molecule has 60 valence electrons. The van der Waals surface area contributed by atoms with Crippen LogP contribution in [0.25, 0.3) is 0 Å². The maximum absolute atomic E-state index is 8.50. The summed E-state index contributed by atoms with van der Waals surface area (Å²) in [6, 6.07) is 0. The van der Waals surface area contributed by atoms with Crippen molar-refractivity contribution in [2.75, 3.05) is 12.4 Å². The zero-order chi connectivity index (χ0) is 7.82. The Labute approximate surface area is 67.5 Å². The Balaban J connectivity index is 3.21. The Morgan fingerprint density at radius 3 is 2.80 bits per heavy atom.